The van der Waals surface area contributed by atoms with Crippen LogP contribution in [0.4, 0.5) is 11.4 Å². The molecule has 148 valence electrons. The van der Waals surface area contributed by atoms with Gasteiger partial charge in [-0.25, -0.2) is 9.98 Å². The van der Waals surface area contributed by atoms with E-state index in [-0.39, 0.29) is 10.6 Å². The zero-order chi connectivity index (χ0) is 20.9. The van der Waals surface area contributed by atoms with Crippen LogP contribution < -0.4 is 4.90 Å². The molecule has 5 rings (SSSR count). The molecule has 30 heavy (non-hydrogen) atoms. The molecule has 2 aliphatic heterocycles. The quantitative estimate of drug-likeness (QED) is 0.439. The van der Waals surface area contributed by atoms with Gasteiger partial charge in [0.05, 0.1) is 10.6 Å². The number of nitro benzene ring substituents is 1. The Labute approximate surface area is 178 Å². The summed E-state index contributed by atoms with van der Waals surface area (Å²) in [6.45, 7) is 2.05. The number of nitrogens with zero attached hydrogens (tertiary/aromatic N) is 4. The molecule has 6 nitrogen and oxygen atoms in total. The highest BCUT2D eigenvalue weighted by atomic mass is 32.2. The first kappa shape index (κ1) is 18.6. The van der Waals surface area contributed by atoms with E-state index < -0.39 is 4.87 Å². The monoisotopic (exact) mass is 414 g/mol. The minimum Gasteiger partial charge on any atom is -0.329 e. The van der Waals surface area contributed by atoms with Crippen molar-refractivity contribution in [2.45, 2.75) is 16.7 Å². The molecule has 0 fully saturated rings. The van der Waals surface area contributed by atoms with Crippen LogP contribution >= 0.6 is 11.8 Å². The largest absolute Gasteiger partial charge is 0.329 e. The van der Waals surface area contributed by atoms with Gasteiger partial charge >= 0.3 is 0 Å². The van der Waals surface area contributed by atoms with Crippen LogP contribution in [0.25, 0.3) is 0 Å². The zero-order valence-electron chi connectivity index (χ0n) is 16.4. The summed E-state index contributed by atoms with van der Waals surface area (Å²) in [5.74, 6) is 1.46. The Morgan fingerprint density at radius 1 is 1.00 bits per heavy atom. The summed E-state index contributed by atoms with van der Waals surface area (Å²) < 4.78 is 0. The van der Waals surface area contributed by atoms with Crippen molar-refractivity contribution < 1.29 is 4.92 Å². The Kier molecular flexibility index (Phi) is 4.22. The first-order valence-corrected chi connectivity index (χ1v) is 10.3. The van der Waals surface area contributed by atoms with Gasteiger partial charge in [-0.1, -0.05) is 53.7 Å². The van der Waals surface area contributed by atoms with Crippen molar-refractivity contribution in [3.8, 4) is 0 Å². The summed E-state index contributed by atoms with van der Waals surface area (Å²) in [4.78, 5) is 23.1. The van der Waals surface area contributed by atoms with E-state index in [1.165, 1.54) is 17.7 Å². The van der Waals surface area contributed by atoms with E-state index in [0.29, 0.717) is 5.84 Å². The Balaban J connectivity index is 1.70. The van der Waals surface area contributed by atoms with Crippen LogP contribution in [0.15, 0.2) is 87.7 Å². The third kappa shape index (κ3) is 2.81. The van der Waals surface area contributed by atoms with E-state index in [4.69, 9.17) is 9.98 Å². The minimum atomic E-state index is -0.793. The molecular formula is C23H18N4O2S. The number of aryl methyl sites for hydroxylation is 1. The van der Waals surface area contributed by atoms with Crippen molar-refractivity contribution in [2.75, 3.05) is 11.9 Å². The van der Waals surface area contributed by atoms with Gasteiger partial charge in [0.2, 0.25) is 0 Å². The number of para-hydroxylation sites is 1. The summed E-state index contributed by atoms with van der Waals surface area (Å²) in [5.41, 5.74) is 4.11. The van der Waals surface area contributed by atoms with Crippen LogP contribution in [0, 0.1) is 17.0 Å². The van der Waals surface area contributed by atoms with E-state index in [1.807, 2.05) is 50.4 Å². The highest BCUT2D eigenvalue weighted by molar-refractivity contribution is 8.01. The van der Waals surface area contributed by atoms with E-state index in [9.17, 15) is 10.1 Å². The number of thioether (sulfide) groups is 1. The van der Waals surface area contributed by atoms with E-state index in [1.54, 1.807) is 23.9 Å². The molecule has 0 saturated heterocycles. The van der Waals surface area contributed by atoms with Gasteiger partial charge in [-0.15, -0.1) is 0 Å². The second-order valence-corrected chi connectivity index (χ2v) is 8.55. The molecule has 1 atom stereocenters. The third-order valence-electron chi connectivity index (χ3n) is 5.36. The molecule has 0 aliphatic carbocycles. The predicted molar refractivity (Wildman–Crippen MR) is 121 cm³/mol. The molecule has 2 heterocycles. The number of fused-ring (bicyclic) bond motifs is 2. The molecule has 3 aromatic rings. The van der Waals surface area contributed by atoms with Gasteiger partial charge in [0, 0.05) is 29.6 Å². The summed E-state index contributed by atoms with van der Waals surface area (Å²) in [6.07, 6.45) is 0. The number of non-ortho nitro benzene ring substituents is 1. The van der Waals surface area contributed by atoms with E-state index in [2.05, 4.69) is 17.0 Å². The topological polar surface area (TPSA) is 71.1 Å². The van der Waals surface area contributed by atoms with Crippen LogP contribution in [0.5, 0.6) is 0 Å². The van der Waals surface area contributed by atoms with Crippen molar-refractivity contribution >= 4 is 34.8 Å². The van der Waals surface area contributed by atoms with Gasteiger partial charge in [0.15, 0.2) is 16.5 Å². The lowest BCUT2D eigenvalue weighted by atomic mass is 10.0. The van der Waals surface area contributed by atoms with Crippen molar-refractivity contribution in [1.82, 2.24) is 0 Å². The fourth-order valence-corrected chi connectivity index (χ4v) is 5.19. The Morgan fingerprint density at radius 2 is 1.70 bits per heavy atom. The smallest absolute Gasteiger partial charge is 0.269 e. The summed E-state index contributed by atoms with van der Waals surface area (Å²) in [7, 11) is 1.99. The first-order valence-electron chi connectivity index (χ1n) is 9.51. The number of benzene rings is 3. The fraction of sp³-hybridized carbons (Fsp3) is 0.130. The molecule has 0 spiro atoms. The van der Waals surface area contributed by atoms with Crippen LogP contribution in [0.3, 0.4) is 0 Å². The van der Waals surface area contributed by atoms with Gasteiger partial charge in [0.25, 0.3) is 5.69 Å². The first-order chi connectivity index (χ1) is 14.5. The van der Waals surface area contributed by atoms with Gasteiger partial charge in [0.1, 0.15) is 0 Å². The van der Waals surface area contributed by atoms with Crippen molar-refractivity contribution in [2.24, 2.45) is 9.98 Å². The number of likely N-dealkylation sites (N-methyl/N-ethyl adjacent to an activating group) is 1. The Bertz CT molecular complexity index is 1220. The van der Waals surface area contributed by atoms with E-state index >= 15 is 0 Å². The lowest BCUT2D eigenvalue weighted by molar-refractivity contribution is -0.384. The standard InChI is InChI=1S/C23H18N4O2S/c1-15-7-9-16(10-8-15)21-24-22-23(25-21,17-11-13-18(14-12-17)27(28)29)30-20-6-4-3-5-19(20)26(22)2/h3-14H,1-2H3/t23-/m0/s1. The van der Waals surface area contributed by atoms with Gasteiger partial charge < -0.3 is 4.90 Å². The van der Waals surface area contributed by atoms with Crippen molar-refractivity contribution in [3.63, 3.8) is 0 Å². The SMILES string of the molecule is Cc1ccc(C2=N[C@@]3(c4ccc([N+](=O)[O-])cc4)Sc4ccccc4N(C)C3=N2)cc1. The predicted octanol–water partition coefficient (Wildman–Crippen LogP) is 5.16. The molecule has 7 heteroatoms. The second-order valence-electron chi connectivity index (χ2n) is 7.31. The molecule has 0 aromatic heterocycles. The highest BCUT2D eigenvalue weighted by Crippen LogP contribution is 2.54. The lowest BCUT2D eigenvalue weighted by Gasteiger charge is -2.38. The number of amidine groups is 2. The molecule has 0 unspecified atom stereocenters. The van der Waals surface area contributed by atoms with Crippen LogP contribution in [-0.2, 0) is 4.87 Å². The summed E-state index contributed by atoms with van der Waals surface area (Å²) >= 11 is 1.62. The molecule has 3 aromatic carbocycles. The lowest BCUT2D eigenvalue weighted by Crippen LogP contribution is -2.43. The molecular weight excluding hydrogens is 396 g/mol. The average Bonchev–Trinajstić information content (AvgIpc) is 3.15. The number of hydrogen-bond donors (Lipinski definition) is 0. The normalized spacial score (nSPS) is 19.6. The number of aliphatic imine (C=N–C) groups is 2. The second kappa shape index (κ2) is 6.81. The number of anilines is 1. The third-order valence-corrected chi connectivity index (χ3v) is 6.73. The molecule has 0 N–H and O–H groups in total. The maximum atomic E-state index is 11.1. The number of rotatable bonds is 3. The number of hydrogen-bond acceptors (Lipinski definition) is 6. The Hall–Kier alpha value is -3.45. The minimum absolute atomic E-state index is 0.0592. The number of nitro groups is 1. The Morgan fingerprint density at radius 3 is 2.40 bits per heavy atom. The maximum Gasteiger partial charge on any atom is 0.269 e. The summed E-state index contributed by atoms with van der Waals surface area (Å²) in [6, 6.07) is 22.9. The van der Waals surface area contributed by atoms with Crippen molar-refractivity contribution in [1.29, 1.82) is 0 Å². The van der Waals surface area contributed by atoms with Crippen LogP contribution in [0.1, 0.15) is 16.7 Å². The molecule has 0 saturated carbocycles. The highest BCUT2D eigenvalue weighted by Gasteiger charge is 2.49. The zero-order valence-corrected chi connectivity index (χ0v) is 17.3. The van der Waals surface area contributed by atoms with Gasteiger partial charge in [-0.3, -0.25) is 10.1 Å². The average molecular weight is 414 g/mol. The summed E-state index contributed by atoms with van der Waals surface area (Å²) in [5, 5.41) is 11.1. The van der Waals surface area contributed by atoms with E-state index in [0.717, 1.165) is 27.5 Å². The van der Waals surface area contributed by atoms with Crippen molar-refractivity contribution in [3.05, 3.63) is 99.6 Å². The van der Waals surface area contributed by atoms with Gasteiger partial charge in [-0.2, -0.15) is 0 Å². The van der Waals surface area contributed by atoms with Crippen LogP contribution in [0.2, 0.25) is 0 Å². The fourth-order valence-electron chi connectivity index (χ4n) is 3.76. The maximum absolute atomic E-state index is 11.1. The molecule has 2 aliphatic rings. The molecule has 0 bridgehead atoms. The molecule has 0 radical (unpaired) electrons. The van der Waals surface area contributed by atoms with Crippen LogP contribution in [-0.4, -0.2) is 23.6 Å². The van der Waals surface area contributed by atoms with Gasteiger partial charge in [-0.05, 0) is 36.8 Å². The molecule has 0 amide bonds.